The number of rotatable bonds is 3. The van der Waals surface area contributed by atoms with E-state index in [2.05, 4.69) is 19.9 Å². The lowest BCUT2D eigenvalue weighted by Gasteiger charge is -1.96. The molecule has 1 aromatic heterocycles. The SMILES string of the molecule is CCC/C(C)=C\c1sccc1N. The molecule has 0 aliphatic carbocycles. The maximum atomic E-state index is 5.75. The van der Waals surface area contributed by atoms with Crippen LogP contribution in [0.3, 0.4) is 0 Å². The Labute approximate surface area is 77.9 Å². The lowest BCUT2D eigenvalue weighted by molar-refractivity contribution is 0.912. The molecule has 1 heterocycles. The van der Waals surface area contributed by atoms with Crippen molar-refractivity contribution >= 4 is 23.1 Å². The van der Waals surface area contributed by atoms with Crippen LogP contribution in [0, 0.1) is 0 Å². The zero-order valence-electron chi connectivity index (χ0n) is 7.63. The summed E-state index contributed by atoms with van der Waals surface area (Å²) in [6.45, 7) is 4.35. The highest BCUT2D eigenvalue weighted by atomic mass is 32.1. The first-order chi connectivity index (χ1) is 5.74. The lowest BCUT2D eigenvalue weighted by atomic mass is 10.1. The first-order valence-electron chi connectivity index (χ1n) is 4.24. The van der Waals surface area contributed by atoms with E-state index in [1.165, 1.54) is 16.9 Å². The molecule has 0 saturated carbocycles. The van der Waals surface area contributed by atoms with Gasteiger partial charge in [0.25, 0.3) is 0 Å². The van der Waals surface area contributed by atoms with Crippen LogP contribution in [0.5, 0.6) is 0 Å². The van der Waals surface area contributed by atoms with E-state index < -0.39 is 0 Å². The van der Waals surface area contributed by atoms with Crippen LogP contribution in [0.15, 0.2) is 17.0 Å². The minimum atomic E-state index is 0.899. The van der Waals surface area contributed by atoms with Crippen molar-refractivity contribution in [2.24, 2.45) is 0 Å². The highest BCUT2D eigenvalue weighted by molar-refractivity contribution is 7.11. The fourth-order valence-electron chi connectivity index (χ4n) is 1.14. The minimum absolute atomic E-state index is 0.899. The van der Waals surface area contributed by atoms with Gasteiger partial charge in [-0.15, -0.1) is 11.3 Å². The van der Waals surface area contributed by atoms with Crippen molar-refractivity contribution in [2.45, 2.75) is 26.7 Å². The van der Waals surface area contributed by atoms with Crippen molar-refractivity contribution in [3.63, 3.8) is 0 Å². The van der Waals surface area contributed by atoms with Gasteiger partial charge in [0.15, 0.2) is 0 Å². The normalized spacial score (nSPS) is 12.0. The maximum absolute atomic E-state index is 5.75. The second kappa shape index (κ2) is 4.31. The summed E-state index contributed by atoms with van der Waals surface area (Å²) < 4.78 is 0. The Balaban J connectivity index is 2.73. The van der Waals surface area contributed by atoms with Gasteiger partial charge in [-0.1, -0.05) is 18.9 Å². The molecule has 0 radical (unpaired) electrons. The second-order valence-corrected chi connectivity index (χ2v) is 3.93. The Kier molecular flexibility index (Phi) is 3.35. The third-order valence-electron chi connectivity index (χ3n) is 1.75. The molecule has 2 heteroatoms. The van der Waals surface area contributed by atoms with E-state index in [-0.39, 0.29) is 0 Å². The molecule has 0 atom stereocenters. The molecule has 2 N–H and O–H groups in total. The molecule has 1 rings (SSSR count). The average Bonchev–Trinajstić information content (AvgIpc) is 2.37. The topological polar surface area (TPSA) is 26.0 Å². The van der Waals surface area contributed by atoms with Crippen LogP contribution >= 0.6 is 11.3 Å². The zero-order chi connectivity index (χ0) is 8.97. The highest BCUT2D eigenvalue weighted by Crippen LogP contribution is 2.22. The Hall–Kier alpha value is -0.760. The summed E-state index contributed by atoms with van der Waals surface area (Å²) >= 11 is 1.70. The van der Waals surface area contributed by atoms with Crippen molar-refractivity contribution in [1.82, 2.24) is 0 Å². The zero-order valence-corrected chi connectivity index (χ0v) is 8.45. The van der Waals surface area contributed by atoms with E-state index in [9.17, 15) is 0 Å². The predicted molar refractivity (Wildman–Crippen MR) is 57.3 cm³/mol. The third kappa shape index (κ3) is 2.38. The quantitative estimate of drug-likeness (QED) is 0.758. The fourth-order valence-corrected chi connectivity index (χ4v) is 1.97. The monoisotopic (exact) mass is 181 g/mol. The van der Waals surface area contributed by atoms with Crippen molar-refractivity contribution in [2.75, 3.05) is 5.73 Å². The maximum Gasteiger partial charge on any atom is 0.0499 e. The largest absolute Gasteiger partial charge is 0.398 e. The molecule has 0 bridgehead atoms. The molecule has 0 fully saturated rings. The van der Waals surface area contributed by atoms with Gasteiger partial charge in [0.1, 0.15) is 0 Å². The van der Waals surface area contributed by atoms with Gasteiger partial charge in [0.05, 0.1) is 0 Å². The summed E-state index contributed by atoms with van der Waals surface area (Å²) in [5, 5.41) is 2.03. The van der Waals surface area contributed by atoms with Gasteiger partial charge in [0.2, 0.25) is 0 Å². The first kappa shape index (κ1) is 9.33. The van der Waals surface area contributed by atoms with E-state index in [1.807, 2.05) is 11.4 Å². The fraction of sp³-hybridized carbons (Fsp3) is 0.400. The number of thiophene rings is 1. The van der Waals surface area contributed by atoms with Gasteiger partial charge < -0.3 is 5.73 Å². The molecule has 0 aromatic carbocycles. The van der Waals surface area contributed by atoms with Gasteiger partial charge in [-0.3, -0.25) is 0 Å². The lowest BCUT2D eigenvalue weighted by Crippen LogP contribution is -1.83. The van der Waals surface area contributed by atoms with Crippen LogP contribution in [0.25, 0.3) is 6.08 Å². The molecule has 0 saturated heterocycles. The summed E-state index contributed by atoms with van der Waals surface area (Å²) in [4.78, 5) is 1.20. The van der Waals surface area contributed by atoms with Crippen molar-refractivity contribution in [1.29, 1.82) is 0 Å². The molecule has 0 aliphatic heterocycles. The van der Waals surface area contributed by atoms with Gasteiger partial charge >= 0.3 is 0 Å². The summed E-state index contributed by atoms with van der Waals surface area (Å²) in [6, 6.07) is 1.95. The van der Waals surface area contributed by atoms with Crippen LogP contribution in [-0.2, 0) is 0 Å². The molecule has 0 aliphatic rings. The van der Waals surface area contributed by atoms with Crippen molar-refractivity contribution in [3.8, 4) is 0 Å². The molecule has 12 heavy (non-hydrogen) atoms. The number of nitrogen functional groups attached to an aromatic ring is 1. The van der Waals surface area contributed by atoms with Crippen LogP contribution in [0.4, 0.5) is 5.69 Å². The van der Waals surface area contributed by atoms with Gasteiger partial charge in [-0.2, -0.15) is 0 Å². The number of hydrogen-bond donors (Lipinski definition) is 1. The van der Waals surface area contributed by atoms with Crippen molar-refractivity contribution < 1.29 is 0 Å². The molecule has 0 spiro atoms. The standard InChI is InChI=1S/C10H15NS/c1-3-4-8(2)7-10-9(11)5-6-12-10/h5-7H,3-4,11H2,1-2H3/b8-7-. The van der Waals surface area contributed by atoms with E-state index in [1.54, 1.807) is 11.3 Å². The molecular weight excluding hydrogens is 166 g/mol. The Morgan fingerprint density at radius 1 is 1.67 bits per heavy atom. The molecular formula is C10H15NS. The summed E-state index contributed by atoms with van der Waals surface area (Å²) in [6.07, 6.45) is 4.55. The van der Waals surface area contributed by atoms with E-state index in [4.69, 9.17) is 5.73 Å². The second-order valence-electron chi connectivity index (χ2n) is 2.98. The predicted octanol–water partition coefficient (Wildman–Crippen LogP) is 3.53. The number of anilines is 1. The highest BCUT2D eigenvalue weighted by Gasteiger charge is 1.96. The van der Waals surface area contributed by atoms with E-state index in [0.29, 0.717) is 0 Å². The summed E-state index contributed by atoms with van der Waals surface area (Å²) in [5.74, 6) is 0. The molecule has 1 nitrogen and oxygen atoms in total. The molecule has 0 amide bonds. The summed E-state index contributed by atoms with van der Waals surface area (Å²) in [7, 11) is 0. The van der Waals surface area contributed by atoms with Gasteiger partial charge in [-0.05, 0) is 30.9 Å². The number of allylic oxidation sites excluding steroid dienone is 1. The van der Waals surface area contributed by atoms with Crippen LogP contribution in [0.1, 0.15) is 31.6 Å². The Morgan fingerprint density at radius 3 is 2.92 bits per heavy atom. The van der Waals surface area contributed by atoms with Crippen LogP contribution in [-0.4, -0.2) is 0 Å². The molecule has 0 unspecified atom stereocenters. The number of hydrogen-bond acceptors (Lipinski definition) is 2. The van der Waals surface area contributed by atoms with Gasteiger partial charge in [0, 0.05) is 10.6 Å². The molecule has 1 aromatic rings. The average molecular weight is 181 g/mol. The third-order valence-corrected chi connectivity index (χ3v) is 2.63. The van der Waals surface area contributed by atoms with Crippen LogP contribution in [0.2, 0.25) is 0 Å². The van der Waals surface area contributed by atoms with Gasteiger partial charge in [-0.25, -0.2) is 0 Å². The van der Waals surface area contributed by atoms with E-state index >= 15 is 0 Å². The Bertz CT molecular complexity index is 273. The minimum Gasteiger partial charge on any atom is -0.398 e. The van der Waals surface area contributed by atoms with E-state index in [0.717, 1.165) is 12.1 Å². The van der Waals surface area contributed by atoms with Crippen LogP contribution < -0.4 is 5.73 Å². The smallest absolute Gasteiger partial charge is 0.0499 e. The first-order valence-corrected chi connectivity index (χ1v) is 5.12. The Morgan fingerprint density at radius 2 is 2.42 bits per heavy atom. The van der Waals surface area contributed by atoms with Crippen molar-refractivity contribution in [3.05, 3.63) is 21.9 Å². The molecule has 66 valence electrons. The summed E-state index contributed by atoms with van der Waals surface area (Å²) in [5.41, 5.74) is 8.06. The number of nitrogens with two attached hydrogens (primary N) is 1.